The average Bonchev–Trinajstić information content (AvgIpc) is 3.04. The van der Waals surface area contributed by atoms with Crippen molar-refractivity contribution in [2.75, 3.05) is 14.2 Å². The van der Waals surface area contributed by atoms with Crippen molar-refractivity contribution in [3.05, 3.63) is 30.2 Å². The Bertz CT molecular complexity index is 561. The summed E-state index contributed by atoms with van der Waals surface area (Å²) in [6.45, 7) is 4.06. The van der Waals surface area contributed by atoms with Gasteiger partial charge >= 0.3 is 0 Å². The molecule has 0 saturated carbocycles. The largest absolute Gasteiger partial charge is 0.483 e. The summed E-state index contributed by atoms with van der Waals surface area (Å²) in [5, 5.41) is 10.4. The van der Waals surface area contributed by atoms with Gasteiger partial charge in [-0.3, -0.25) is 0 Å². The van der Waals surface area contributed by atoms with E-state index in [4.69, 9.17) is 13.9 Å². The molecule has 0 aliphatic carbocycles. The summed E-state index contributed by atoms with van der Waals surface area (Å²) in [5.41, 5.74) is 0. The number of ether oxygens (including phenoxy) is 2. The lowest BCUT2D eigenvalue weighted by Gasteiger charge is -2.28. The quantitative estimate of drug-likeness (QED) is 0.924. The highest BCUT2D eigenvalue weighted by atomic mass is 16.5. The molecule has 0 fully saturated rings. The Hall–Kier alpha value is -2.08. The zero-order valence-electron chi connectivity index (χ0n) is 13.3. The van der Waals surface area contributed by atoms with Crippen LogP contribution in [0.4, 0.5) is 0 Å². The van der Waals surface area contributed by atoms with Gasteiger partial charge in [-0.15, -0.1) is 0 Å². The molecule has 1 aromatic rings. The summed E-state index contributed by atoms with van der Waals surface area (Å²) in [5.74, 6) is 1.78. The molecule has 0 radical (unpaired) electrons. The van der Waals surface area contributed by atoms with Crippen LogP contribution in [0.1, 0.15) is 19.6 Å². The number of aliphatic hydroxyl groups excluding tert-OH is 1. The molecule has 1 N–H and O–H groups in total. The molecule has 6 heteroatoms. The maximum absolute atomic E-state index is 10.4. The second-order valence-corrected chi connectivity index (χ2v) is 5.34. The van der Waals surface area contributed by atoms with Crippen molar-refractivity contribution in [1.82, 2.24) is 0 Å². The van der Waals surface area contributed by atoms with E-state index in [0.717, 1.165) is 0 Å². The molecule has 0 spiro atoms. The number of methoxy groups -OCH3 is 2. The standard InChI is InChI=1S/C16H22N2O4/c1-10(2)13-15(20-3)18-14(16(17-13)21-4)12(19)8-7-11-6-5-9-22-11/h5-10,12-14,19H,1-4H3/b8-7+/t12-,13-,14+/m1/s1. The lowest BCUT2D eigenvalue weighted by atomic mass is 10.0. The molecule has 0 amide bonds. The second-order valence-electron chi connectivity index (χ2n) is 5.34. The zero-order valence-corrected chi connectivity index (χ0v) is 13.3. The second kappa shape index (κ2) is 7.26. The normalized spacial score (nSPS) is 23.4. The smallest absolute Gasteiger partial charge is 0.212 e. The van der Waals surface area contributed by atoms with Crippen molar-refractivity contribution >= 4 is 17.9 Å². The first kappa shape index (κ1) is 16.3. The molecule has 0 bridgehead atoms. The van der Waals surface area contributed by atoms with Gasteiger partial charge in [0, 0.05) is 0 Å². The molecule has 3 atom stereocenters. The third-order valence-corrected chi connectivity index (χ3v) is 3.41. The molecule has 120 valence electrons. The molecule has 0 saturated heterocycles. The SMILES string of the molecule is COC1=N[C@H](C(C)C)C(OC)=N[C@H]1[C@H](O)/C=C/c1ccco1. The number of aliphatic imine (C=N–C) groups is 2. The van der Waals surface area contributed by atoms with Gasteiger partial charge in [0.15, 0.2) is 6.04 Å². The summed E-state index contributed by atoms with van der Waals surface area (Å²) in [4.78, 5) is 8.98. The van der Waals surface area contributed by atoms with Crippen LogP contribution in [0.15, 0.2) is 38.9 Å². The highest BCUT2D eigenvalue weighted by Gasteiger charge is 2.33. The monoisotopic (exact) mass is 306 g/mol. The summed E-state index contributed by atoms with van der Waals surface area (Å²) in [6.07, 6.45) is 3.98. The Morgan fingerprint density at radius 3 is 2.36 bits per heavy atom. The Morgan fingerprint density at radius 1 is 1.18 bits per heavy atom. The van der Waals surface area contributed by atoms with Crippen LogP contribution >= 0.6 is 0 Å². The van der Waals surface area contributed by atoms with E-state index in [-0.39, 0.29) is 12.0 Å². The van der Waals surface area contributed by atoms with Gasteiger partial charge in [0.05, 0.1) is 20.5 Å². The van der Waals surface area contributed by atoms with Crippen molar-refractivity contribution in [2.45, 2.75) is 32.0 Å². The van der Waals surface area contributed by atoms with E-state index in [0.29, 0.717) is 17.6 Å². The third kappa shape index (κ3) is 3.57. The van der Waals surface area contributed by atoms with Crippen LogP contribution in [0.25, 0.3) is 6.08 Å². The molecular formula is C16H22N2O4. The molecule has 1 aliphatic rings. The van der Waals surface area contributed by atoms with Crippen molar-refractivity contribution in [3.8, 4) is 0 Å². The third-order valence-electron chi connectivity index (χ3n) is 3.41. The fourth-order valence-corrected chi connectivity index (χ4v) is 2.23. The summed E-state index contributed by atoms with van der Waals surface area (Å²) >= 11 is 0. The molecule has 0 aromatic carbocycles. The van der Waals surface area contributed by atoms with E-state index in [1.54, 1.807) is 37.7 Å². The minimum atomic E-state index is -0.887. The maximum atomic E-state index is 10.4. The van der Waals surface area contributed by atoms with Gasteiger partial charge in [0.2, 0.25) is 11.8 Å². The summed E-state index contributed by atoms with van der Waals surface area (Å²) < 4.78 is 15.8. The number of furan rings is 1. The number of hydrogen-bond acceptors (Lipinski definition) is 6. The van der Waals surface area contributed by atoms with E-state index in [2.05, 4.69) is 9.98 Å². The van der Waals surface area contributed by atoms with Gasteiger partial charge in [-0.1, -0.05) is 13.8 Å². The van der Waals surface area contributed by atoms with E-state index in [1.165, 1.54) is 7.11 Å². The van der Waals surface area contributed by atoms with Gasteiger partial charge in [-0.25, -0.2) is 9.98 Å². The predicted molar refractivity (Wildman–Crippen MR) is 85.1 cm³/mol. The van der Waals surface area contributed by atoms with Crippen molar-refractivity contribution in [3.63, 3.8) is 0 Å². The first-order chi connectivity index (χ1) is 10.6. The molecular weight excluding hydrogens is 284 g/mol. The van der Waals surface area contributed by atoms with Crippen molar-refractivity contribution in [2.24, 2.45) is 15.9 Å². The Balaban J connectivity index is 2.21. The number of rotatable bonds is 4. The maximum Gasteiger partial charge on any atom is 0.212 e. The van der Waals surface area contributed by atoms with Crippen LogP contribution < -0.4 is 0 Å². The Kier molecular flexibility index (Phi) is 5.38. The molecule has 22 heavy (non-hydrogen) atoms. The number of hydrogen-bond donors (Lipinski definition) is 1. The predicted octanol–water partition coefficient (Wildman–Crippen LogP) is 2.15. The molecule has 1 aliphatic heterocycles. The van der Waals surface area contributed by atoms with Crippen LogP contribution in [0.2, 0.25) is 0 Å². The van der Waals surface area contributed by atoms with E-state index >= 15 is 0 Å². The topological polar surface area (TPSA) is 76.5 Å². The minimum Gasteiger partial charge on any atom is -0.483 e. The molecule has 0 unspecified atom stereocenters. The van der Waals surface area contributed by atoms with Crippen molar-refractivity contribution in [1.29, 1.82) is 0 Å². The fraction of sp³-hybridized carbons (Fsp3) is 0.500. The highest BCUT2D eigenvalue weighted by molar-refractivity contribution is 5.94. The average molecular weight is 306 g/mol. The van der Waals surface area contributed by atoms with Crippen LogP contribution in [0.5, 0.6) is 0 Å². The van der Waals surface area contributed by atoms with E-state index < -0.39 is 12.1 Å². The van der Waals surface area contributed by atoms with Crippen molar-refractivity contribution < 1.29 is 19.0 Å². The number of nitrogens with zero attached hydrogens (tertiary/aromatic N) is 2. The van der Waals surface area contributed by atoms with Gasteiger partial charge in [0.25, 0.3) is 0 Å². The van der Waals surface area contributed by atoms with Gasteiger partial charge in [-0.2, -0.15) is 0 Å². The van der Waals surface area contributed by atoms with E-state index in [1.807, 2.05) is 13.8 Å². The Labute approximate surface area is 130 Å². The zero-order chi connectivity index (χ0) is 16.1. The van der Waals surface area contributed by atoms with Gasteiger partial charge in [-0.05, 0) is 30.2 Å². The Morgan fingerprint density at radius 2 is 1.82 bits per heavy atom. The fourth-order valence-electron chi connectivity index (χ4n) is 2.23. The van der Waals surface area contributed by atoms with Crippen LogP contribution in [-0.2, 0) is 9.47 Å². The van der Waals surface area contributed by atoms with Gasteiger partial charge < -0.3 is 19.0 Å². The lowest BCUT2D eigenvalue weighted by molar-refractivity contribution is 0.197. The molecule has 2 rings (SSSR count). The molecule has 1 aromatic heterocycles. The highest BCUT2D eigenvalue weighted by Crippen LogP contribution is 2.20. The van der Waals surface area contributed by atoms with Crippen LogP contribution in [0, 0.1) is 5.92 Å². The first-order valence-corrected chi connectivity index (χ1v) is 7.20. The first-order valence-electron chi connectivity index (χ1n) is 7.20. The van der Waals surface area contributed by atoms with Gasteiger partial charge in [0.1, 0.15) is 17.9 Å². The summed E-state index contributed by atoms with van der Waals surface area (Å²) in [7, 11) is 3.09. The minimum absolute atomic E-state index is 0.197. The molecule has 2 heterocycles. The van der Waals surface area contributed by atoms with Crippen LogP contribution in [-0.4, -0.2) is 49.3 Å². The molecule has 6 nitrogen and oxygen atoms in total. The lowest BCUT2D eigenvalue weighted by Crippen LogP contribution is -2.42. The van der Waals surface area contributed by atoms with Crippen LogP contribution in [0.3, 0.4) is 0 Å². The number of aliphatic hydroxyl groups is 1. The van der Waals surface area contributed by atoms with E-state index in [9.17, 15) is 5.11 Å². The summed E-state index contributed by atoms with van der Waals surface area (Å²) in [6, 6.07) is 2.76.